The number of piperidine rings is 2. The molecule has 0 spiro atoms. The van der Waals surface area contributed by atoms with Gasteiger partial charge in [-0.15, -0.1) is 11.3 Å². The molecule has 3 aromatic rings. The first-order chi connectivity index (χ1) is 25.4. The van der Waals surface area contributed by atoms with Crippen molar-refractivity contribution in [2.24, 2.45) is 5.41 Å². The topological polar surface area (TPSA) is 109 Å². The van der Waals surface area contributed by atoms with Crippen molar-refractivity contribution in [1.82, 2.24) is 14.8 Å². The van der Waals surface area contributed by atoms with Crippen molar-refractivity contribution in [2.75, 3.05) is 26.2 Å². The highest BCUT2D eigenvalue weighted by Gasteiger charge is 2.56. The van der Waals surface area contributed by atoms with Crippen molar-refractivity contribution < 1.29 is 55.3 Å². The van der Waals surface area contributed by atoms with Crippen molar-refractivity contribution in [3.8, 4) is 11.5 Å². The molecule has 294 valence electrons. The summed E-state index contributed by atoms with van der Waals surface area (Å²) in [5.74, 6) is -2.23. The summed E-state index contributed by atoms with van der Waals surface area (Å²) in [6, 6.07) is 8.86. The van der Waals surface area contributed by atoms with E-state index in [2.05, 4.69) is 4.98 Å². The number of pyridine rings is 1. The number of likely N-dealkylation sites (tertiary alicyclic amines) is 2. The minimum absolute atomic E-state index is 0.00904. The minimum Gasteiger partial charge on any atom is -0.493 e. The zero-order valence-corrected chi connectivity index (χ0v) is 31.0. The molecule has 0 saturated carbocycles. The molecule has 0 radical (unpaired) electrons. The van der Waals surface area contributed by atoms with Crippen LogP contribution in [-0.4, -0.2) is 75.6 Å². The van der Waals surface area contributed by atoms with Gasteiger partial charge in [0.25, 0.3) is 11.8 Å². The Labute approximate surface area is 313 Å². The zero-order valence-electron chi connectivity index (χ0n) is 30.1. The molecule has 2 amide bonds. The number of nitrogens with zero attached hydrogens (tertiary/aromatic N) is 3. The third kappa shape index (κ3) is 8.79. The highest BCUT2D eigenvalue weighted by Crippen LogP contribution is 2.44. The van der Waals surface area contributed by atoms with E-state index in [-0.39, 0.29) is 63.6 Å². The van der Waals surface area contributed by atoms with Crippen LogP contribution in [0.1, 0.15) is 98.1 Å². The number of carboxylic acids is 1. The maximum atomic E-state index is 14.9. The van der Waals surface area contributed by atoms with Crippen molar-refractivity contribution in [3.63, 3.8) is 0 Å². The summed E-state index contributed by atoms with van der Waals surface area (Å²) < 4.78 is 95.5. The number of rotatable bonds is 12. The van der Waals surface area contributed by atoms with E-state index in [1.165, 1.54) is 4.90 Å². The highest BCUT2D eigenvalue weighted by atomic mass is 32.1. The van der Waals surface area contributed by atoms with E-state index in [1.54, 1.807) is 31.7 Å². The molecule has 9 nitrogen and oxygen atoms in total. The van der Waals surface area contributed by atoms with Crippen molar-refractivity contribution in [1.29, 1.82) is 0 Å². The smallest absolute Gasteiger partial charge is 0.425 e. The fourth-order valence-electron chi connectivity index (χ4n) is 7.21. The van der Waals surface area contributed by atoms with Crippen LogP contribution in [0.4, 0.5) is 26.3 Å². The van der Waals surface area contributed by atoms with E-state index >= 15 is 0 Å². The molecule has 2 aliphatic rings. The van der Waals surface area contributed by atoms with E-state index < -0.39 is 63.3 Å². The van der Waals surface area contributed by atoms with Crippen LogP contribution >= 0.6 is 11.3 Å². The zero-order chi connectivity index (χ0) is 39.5. The molecule has 16 heteroatoms. The number of hydrogen-bond acceptors (Lipinski definition) is 7. The molecule has 2 unspecified atom stereocenters. The Morgan fingerprint density at radius 2 is 1.70 bits per heavy atom. The number of para-hydroxylation sites is 1. The largest absolute Gasteiger partial charge is 0.493 e. The van der Waals surface area contributed by atoms with Gasteiger partial charge in [-0.1, -0.05) is 31.5 Å². The lowest BCUT2D eigenvalue weighted by molar-refractivity contribution is -0.160. The van der Waals surface area contributed by atoms with Crippen LogP contribution in [0.25, 0.3) is 0 Å². The number of amides is 2. The number of carbonyl (C=O) groups excluding carboxylic acids is 2. The number of carbonyl (C=O) groups is 3. The molecule has 4 heterocycles. The van der Waals surface area contributed by atoms with E-state index in [1.807, 2.05) is 18.2 Å². The third-order valence-corrected chi connectivity index (χ3v) is 11.2. The summed E-state index contributed by atoms with van der Waals surface area (Å²) in [4.78, 5) is 46.0. The summed E-state index contributed by atoms with van der Waals surface area (Å²) in [5, 5.41) is 10.6. The summed E-state index contributed by atoms with van der Waals surface area (Å²) in [6.07, 6.45) is -6.65. The van der Waals surface area contributed by atoms with Crippen LogP contribution in [0.5, 0.6) is 11.5 Å². The van der Waals surface area contributed by atoms with Gasteiger partial charge in [0.05, 0.1) is 23.6 Å². The lowest BCUT2D eigenvalue weighted by Gasteiger charge is -2.50. The lowest BCUT2D eigenvalue weighted by Crippen LogP contribution is -2.68. The average Bonchev–Trinajstić information content (AvgIpc) is 3.61. The van der Waals surface area contributed by atoms with Crippen LogP contribution in [0.15, 0.2) is 54.0 Å². The van der Waals surface area contributed by atoms with Crippen LogP contribution in [-0.2, 0) is 21.9 Å². The van der Waals surface area contributed by atoms with Gasteiger partial charge in [0.15, 0.2) is 0 Å². The molecule has 1 aromatic carbocycles. The Hall–Kier alpha value is -4.34. The molecule has 2 atom stereocenters. The molecular weight excluding hydrogens is 740 g/mol. The first-order valence-corrected chi connectivity index (χ1v) is 18.7. The molecule has 0 aliphatic carbocycles. The lowest BCUT2D eigenvalue weighted by atomic mass is 9.79. The van der Waals surface area contributed by atoms with Gasteiger partial charge in [-0.25, -0.2) is 0 Å². The maximum Gasteiger partial charge on any atom is 0.425 e. The fourth-order valence-corrected chi connectivity index (χ4v) is 7.89. The first kappa shape index (κ1) is 40.8. The summed E-state index contributed by atoms with van der Waals surface area (Å²) in [7, 11) is 0. The Balaban J connectivity index is 1.44. The van der Waals surface area contributed by atoms with Gasteiger partial charge >= 0.3 is 18.3 Å². The Morgan fingerprint density at radius 1 is 1.00 bits per heavy atom. The standard InChI is InChI=1S/C38H43F6N3O6S/c1-4-9-29-36(53-25-22-30(54-23-25)38(42,43)44,15-8-18-47(29)32(48)31-27(37(39,40)41)11-7-17-45-31)33(49)46-19-13-24(14-20-46)26-10-5-6-12-28(26)52-21-16-35(2,3)34(50)51/h5-7,10-12,17,22-24,29H,4,8-9,13-16,18-21H2,1-3H3,(H,50,51). The molecule has 2 fully saturated rings. The number of alkyl halides is 6. The van der Waals surface area contributed by atoms with E-state index in [0.717, 1.165) is 35.3 Å². The predicted molar refractivity (Wildman–Crippen MR) is 187 cm³/mol. The summed E-state index contributed by atoms with van der Waals surface area (Å²) in [6.45, 7) is 5.60. The first-order valence-electron chi connectivity index (χ1n) is 17.8. The molecule has 2 aromatic heterocycles. The molecule has 0 bridgehead atoms. The van der Waals surface area contributed by atoms with Gasteiger partial charge in [-0.2, -0.15) is 26.3 Å². The van der Waals surface area contributed by atoms with E-state index in [9.17, 15) is 45.8 Å². The summed E-state index contributed by atoms with van der Waals surface area (Å²) >= 11 is 0.390. The van der Waals surface area contributed by atoms with Crippen molar-refractivity contribution in [3.05, 3.63) is 75.7 Å². The molecule has 5 rings (SSSR count). The van der Waals surface area contributed by atoms with Gasteiger partial charge in [-0.05, 0) is 75.6 Å². The van der Waals surface area contributed by atoms with Gasteiger partial charge in [0, 0.05) is 43.7 Å². The van der Waals surface area contributed by atoms with Crippen molar-refractivity contribution >= 4 is 29.1 Å². The number of thiophene rings is 1. The number of aromatic nitrogens is 1. The number of halogens is 6. The molecule has 54 heavy (non-hydrogen) atoms. The summed E-state index contributed by atoms with van der Waals surface area (Å²) in [5.41, 5.74) is -4.08. The molecular formula is C38H43F6N3O6S. The van der Waals surface area contributed by atoms with E-state index in [4.69, 9.17) is 9.47 Å². The predicted octanol–water partition coefficient (Wildman–Crippen LogP) is 8.69. The average molecular weight is 784 g/mol. The van der Waals surface area contributed by atoms with Crippen molar-refractivity contribution in [2.45, 2.75) is 95.6 Å². The Bertz CT molecular complexity index is 1810. The van der Waals surface area contributed by atoms with Crippen LogP contribution in [0.2, 0.25) is 0 Å². The van der Waals surface area contributed by atoms with Crippen LogP contribution in [0.3, 0.4) is 0 Å². The number of benzene rings is 1. The molecule has 2 saturated heterocycles. The third-order valence-electron chi connectivity index (χ3n) is 10.2. The maximum absolute atomic E-state index is 14.9. The SMILES string of the molecule is CCCC1N(C(=O)c2ncccc2C(F)(F)F)CCCC1(Oc1csc(C(F)(F)F)c1)C(=O)N1CCC(c2ccccc2OCCC(C)(C)C(=O)O)CC1. The van der Waals surface area contributed by atoms with E-state index in [0.29, 0.717) is 36.3 Å². The Morgan fingerprint density at radius 3 is 2.33 bits per heavy atom. The number of hydrogen-bond donors (Lipinski definition) is 1. The second kappa shape index (κ2) is 16.2. The monoisotopic (exact) mass is 783 g/mol. The van der Waals surface area contributed by atoms with Crippen LogP contribution < -0.4 is 9.47 Å². The molecule has 2 aliphatic heterocycles. The minimum atomic E-state index is -4.90. The number of carboxylic acid groups (broad SMARTS) is 1. The van der Waals surface area contributed by atoms with Crippen LogP contribution in [0, 0.1) is 5.41 Å². The Kier molecular flexibility index (Phi) is 12.2. The highest BCUT2D eigenvalue weighted by molar-refractivity contribution is 7.10. The number of ether oxygens (including phenoxy) is 2. The normalized spacial score (nSPS) is 20.1. The quantitative estimate of drug-likeness (QED) is 0.183. The van der Waals surface area contributed by atoms with Gasteiger partial charge in [-0.3, -0.25) is 19.4 Å². The van der Waals surface area contributed by atoms with Gasteiger partial charge in [0.1, 0.15) is 22.1 Å². The van der Waals surface area contributed by atoms with Gasteiger partial charge < -0.3 is 24.4 Å². The second-order valence-electron chi connectivity index (χ2n) is 14.3. The van der Waals surface area contributed by atoms with Gasteiger partial charge in [0.2, 0.25) is 5.60 Å². The fraction of sp³-hybridized carbons (Fsp3) is 0.526. The molecule has 1 N–H and O–H groups in total. The second-order valence-corrected chi connectivity index (χ2v) is 15.2. The number of aliphatic carboxylic acids is 1.